The van der Waals surface area contributed by atoms with Crippen molar-refractivity contribution in [2.75, 3.05) is 18.4 Å². The molecular weight excluding hydrogens is 451 g/mol. The molecule has 188 valence electrons. The zero-order valence-electron chi connectivity index (χ0n) is 20.8. The average molecular weight is 485 g/mol. The van der Waals surface area contributed by atoms with Gasteiger partial charge in [0, 0.05) is 30.1 Å². The highest BCUT2D eigenvalue weighted by molar-refractivity contribution is 6.06. The van der Waals surface area contributed by atoms with Crippen molar-refractivity contribution < 1.29 is 23.8 Å². The summed E-state index contributed by atoms with van der Waals surface area (Å²) < 4.78 is 18.9. The molecule has 0 radical (unpaired) electrons. The lowest BCUT2D eigenvalue weighted by Crippen LogP contribution is -2.41. The van der Waals surface area contributed by atoms with E-state index in [0.717, 1.165) is 0 Å². The zero-order valence-corrected chi connectivity index (χ0v) is 20.8. The van der Waals surface area contributed by atoms with Gasteiger partial charge in [0.25, 0.3) is 0 Å². The molecule has 0 atom stereocenters. The SMILES string of the molecule is CC(C)C(=N)c1c(C2CCN(C(=O)OC(C)(C)C)CC2)cc(C(=O)O)nc1Nc1ccc(F)cc1. The molecule has 8 nitrogen and oxygen atoms in total. The van der Waals surface area contributed by atoms with Crippen LogP contribution in [-0.2, 0) is 4.74 Å². The smallest absolute Gasteiger partial charge is 0.410 e. The number of hydrogen-bond donors (Lipinski definition) is 3. The molecule has 1 aliphatic rings. The summed E-state index contributed by atoms with van der Waals surface area (Å²) in [5.74, 6) is -1.53. The fourth-order valence-corrected chi connectivity index (χ4v) is 4.03. The second-order valence-corrected chi connectivity index (χ2v) is 10.1. The first-order valence-corrected chi connectivity index (χ1v) is 11.7. The van der Waals surface area contributed by atoms with E-state index in [2.05, 4.69) is 10.3 Å². The van der Waals surface area contributed by atoms with Crippen molar-refractivity contribution in [1.29, 1.82) is 5.41 Å². The molecule has 1 amide bonds. The first-order valence-electron chi connectivity index (χ1n) is 11.7. The van der Waals surface area contributed by atoms with Crippen molar-refractivity contribution in [3.05, 3.63) is 53.0 Å². The molecule has 1 aromatic carbocycles. The van der Waals surface area contributed by atoms with Gasteiger partial charge in [0.2, 0.25) is 0 Å². The third-order valence-electron chi connectivity index (χ3n) is 5.81. The number of benzene rings is 1. The highest BCUT2D eigenvalue weighted by atomic mass is 19.1. The van der Waals surface area contributed by atoms with Crippen LogP contribution in [-0.4, -0.2) is 51.5 Å². The molecule has 35 heavy (non-hydrogen) atoms. The van der Waals surface area contributed by atoms with Crippen LogP contribution in [0.25, 0.3) is 0 Å². The Balaban J connectivity index is 1.99. The lowest BCUT2D eigenvalue weighted by Gasteiger charge is -2.34. The monoisotopic (exact) mass is 484 g/mol. The number of carbonyl (C=O) groups excluding carboxylic acids is 1. The molecule has 0 bridgehead atoms. The van der Waals surface area contributed by atoms with Crippen LogP contribution in [0.3, 0.4) is 0 Å². The Bertz CT molecular complexity index is 1100. The molecule has 1 aliphatic heterocycles. The van der Waals surface area contributed by atoms with Gasteiger partial charge in [-0.15, -0.1) is 0 Å². The van der Waals surface area contributed by atoms with E-state index < -0.39 is 17.4 Å². The van der Waals surface area contributed by atoms with Gasteiger partial charge in [-0.1, -0.05) is 13.8 Å². The number of halogens is 1. The number of ether oxygens (including phenoxy) is 1. The van der Waals surface area contributed by atoms with Crippen molar-refractivity contribution in [3.8, 4) is 0 Å². The van der Waals surface area contributed by atoms with Crippen molar-refractivity contribution in [2.45, 2.75) is 59.0 Å². The average Bonchev–Trinajstić information content (AvgIpc) is 2.78. The summed E-state index contributed by atoms with van der Waals surface area (Å²) in [6, 6.07) is 7.20. The number of anilines is 2. The Hall–Kier alpha value is -3.49. The highest BCUT2D eigenvalue weighted by Gasteiger charge is 2.31. The summed E-state index contributed by atoms with van der Waals surface area (Å²) >= 11 is 0. The minimum Gasteiger partial charge on any atom is -0.477 e. The lowest BCUT2D eigenvalue weighted by molar-refractivity contribution is 0.0204. The van der Waals surface area contributed by atoms with E-state index in [0.29, 0.717) is 48.5 Å². The molecule has 2 heterocycles. The number of rotatable bonds is 6. The molecule has 0 saturated carbocycles. The van der Waals surface area contributed by atoms with Crippen LogP contribution in [0, 0.1) is 17.1 Å². The second kappa shape index (κ2) is 10.4. The summed E-state index contributed by atoms with van der Waals surface area (Å²) in [5.41, 5.74) is 1.39. The van der Waals surface area contributed by atoms with Gasteiger partial charge in [0.1, 0.15) is 17.2 Å². The van der Waals surface area contributed by atoms with E-state index in [1.807, 2.05) is 34.6 Å². The number of nitrogens with zero attached hydrogens (tertiary/aromatic N) is 2. The van der Waals surface area contributed by atoms with Crippen LogP contribution in [0.1, 0.15) is 75.0 Å². The maximum Gasteiger partial charge on any atom is 0.410 e. The molecule has 1 fully saturated rings. The quantitative estimate of drug-likeness (QED) is 0.446. The van der Waals surface area contributed by atoms with E-state index in [-0.39, 0.29) is 29.4 Å². The molecular formula is C26H33FN4O4. The summed E-state index contributed by atoms with van der Waals surface area (Å²) in [7, 11) is 0. The Morgan fingerprint density at radius 2 is 1.80 bits per heavy atom. The Kier molecular flexibility index (Phi) is 7.77. The van der Waals surface area contributed by atoms with Crippen molar-refractivity contribution in [1.82, 2.24) is 9.88 Å². The number of hydrogen-bond acceptors (Lipinski definition) is 6. The number of aromatic carboxylic acids is 1. The van der Waals surface area contributed by atoms with Gasteiger partial charge in [0.15, 0.2) is 5.69 Å². The predicted molar refractivity (Wildman–Crippen MR) is 132 cm³/mol. The summed E-state index contributed by atoms with van der Waals surface area (Å²) in [4.78, 5) is 30.4. The van der Waals surface area contributed by atoms with Crippen LogP contribution in [0.15, 0.2) is 30.3 Å². The maximum absolute atomic E-state index is 13.4. The molecule has 3 rings (SSSR count). The van der Waals surface area contributed by atoms with E-state index in [1.165, 1.54) is 30.3 Å². The van der Waals surface area contributed by atoms with Gasteiger partial charge in [-0.05, 0) is 81.3 Å². The van der Waals surface area contributed by atoms with Gasteiger partial charge < -0.3 is 25.5 Å². The summed E-state index contributed by atoms with van der Waals surface area (Å²) in [5, 5.41) is 21.6. The van der Waals surface area contributed by atoms with Crippen LogP contribution in [0.5, 0.6) is 0 Å². The van der Waals surface area contributed by atoms with Gasteiger partial charge in [-0.2, -0.15) is 0 Å². The number of nitrogens with one attached hydrogen (secondary N) is 2. The van der Waals surface area contributed by atoms with Crippen LogP contribution in [0.2, 0.25) is 0 Å². The summed E-state index contributed by atoms with van der Waals surface area (Å²) in [6.07, 6.45) is 0.818. The molecule has 0 aliphatic carbocycles. The molecule has 0 unspecified atom stereocenters. The zero-order chi connectivity index (χ0) is 25.9. The van der Waals surface area contributed by atoms with Crippen LogP contribution >= 0.6 is 0 Å². The first-order chi connectivity index (χ1) is 16.4. The fourth-order valence-electron chi connectivity index (χ4n) is 4.03. The first kappa shape index (κ1) is 26.1. The standard InChI is InChI=1S/C26H33FN4O4/c1-15(2)22(28)21-19(16-10-12-31(13-11-16)25(34)35-26(3,4)5)14-20(24(32)33)30-23(21)29-18-8-6-17(27)7-9-18/h6-9,14-16,28H,10-13H2,1-5H3,(H,29,30)(H,32,33). The molecule has 2 aromatic rings. The number of carboxylic acids is 1. The van der Waals surface area contributed by atoms with Gasteiger partial charge >= 0.3 is 12.1 Å². The molecule has 9 heteroatoms. The second-order valence-electron chi connectivity index (χ2n) is 10.1. The summed E-state index contributed by atoms with van der Waals surface area (Å²) in [6.45, 7) is 10.2. The van der Waals surface area contributed by atoms with Crippen molar-refractivity contribution >= 4 is 29.3 Å². The highest BCUT2D eigenvalue weighted by Crippen LogP contribution is 2.36. The minimum absolute atomic E-state index is 0.0716. The number of carboxylic acid groups (broad SMARTS) is 1. The number of amides is 1. The largest absolute Gasteiger partial charge is 0.477 e. The van der Waals surface area contributed by atoms with E-state index in [1.54, 1.807) is 4.90 Å². The van der Waals surface area contributed by atoms with Gasteiger partial charge in [0.05, 0.1) is 0 Å². The van der Waals surface area contributed by atoms with Gasteiger partial charge in [-0.25, -0.2) is 19.0 Å². The maximum atomic E-state index is 13.4. The van der Waals surface area contributed by atoms with Crippen molar-refractivity contribution in [2.24, 2.45) is 5.92 Å². The Morgan fingerprint density at radius 1 is 1.20 bits per heavy atom. The van der Waals surface area contributed by atoms with Gasteiger partial charge in [-0.3, -0.25) is 0 Å². The third kappa shape index (κ3) is 6.55. The predicted octanol–water partition coefficient (Wildman–Crippen LogP) is 5.80. The van der Waals surface area contributed by atoms with E-state index >= 15 is 0 Å². The third-order valence-corrected chi connectivity index (χ3v) is 5.81. The molecule has 1 aromatic heterocycles. The van der Waals surface area contributed by atoms with E-state index in [4.69, 9.17) is 10.1 Å². The lowest BCUT2D eigenvalue weighted by atomic mass is 9.83. The Labute approximate surface area is 205 Å². The number of carbonyl (C=O) groups is 2. The molecule has 3 N–H and O–H groups in total. The minimum atomic E-state index is -1.18. The number of likely N-dealkylation sites (tertiary alicyclic amines) is 1. The fraction of sp³-hybridized carbons (Fsp3) is 0.462. The molecule has 0 spiro atoms. The van der Waals surface area contributed by atoms with Crippen molar-refractivity contribution in [3.63, 3.8) is 0 Å². The van der Waals surface area contributed by atoms with Crippen LogP contribution in [0.4, 0.5) is 20.7 Å². The molecule has 1 saturated heterocycles. The topological polar surface area (TPSA) is 116 Å². The van der Waals surface area contributed by atoms with E-state index in [9.17, 15) is 19.1 Å². The number of pyridine rings is 1. The normalized spacial score (nSPS) is 14.7. The number of aromatic nitrogens is 1. The Morgan fingerprint density at radius 3 is 2.31 bits per heavy atom. The number of piperidine rings is 1. The van der Waals surface area contributed by atoms with Crippen LogP contribution < -0.4 is 5.32 Å².